The minimum Gasteiger partial charge on any atom is -0.481 e. The zero-order chi connectivity index (χ0) is 18.7. The van der Waals surface area contributed by atoms with E-state index in [9.17, 15) is 9.59 Å². The van der Waals surface area contributed by atoms with Crippen LogP contribution < -0.4 is 15.6 Å². The van der Waals surface area contributed by atoms with Crippen LogP contribution in [0, 0.1) is 13.8 Å². The van der Waals surface area contributed by atoms with E-state index in [2.05, 4.69) is 10.9 Å². The molecule has 2 aromatic carbocycles. The largest absolute Gasteiger partial charge is 0.481 e. The van der Waals surface area contributed by atoms with Gasteiger partial charge in [0.1, 0.15) is 5.75 Å². The second-order valence-corrected chi connectivity index (χ2v) is 6.74. The van der Waals surface area contributed by atoms with E-state index < -0.39 is 12.0 Å². The summed E-state index contributed by atoms with van der Waals surface area (Å²) in [5, 5.41) is 0. The van der Waals surface area contributed by atoms with E-state index in [1.807, 2.05) is 44.2 Å². The van der Waals surface area contributed by atoms with Crippen LogP contribution >= 0.6 is 0 Å². The Morgan fingerprint density at radius 3 is 2.62 bits per heavy atom. The lowest BCUT2D eigenvalue weighted by Gasteiger charge is -2.17. The molecule has 1 aliphatic carbocycles. The van der Waals surface area contributed by atoms with Gasteiger partial charge in [-0.1, -0.05) is 18.2 Å². The molecule has 0 fully saturated rings. The SMILES string of the molecule is Cc1cccc(O[C@H](C)C(=O)NNC(=O)c2ccc3c(c2)CCC3)c1C. The first-order valence-electron chi connectivity index (χ1n) is 8.90. The molecule has 2 N–H and O–H groups in total. The summed E-state index contributed by atoms with van der Waals surface area (Å²) >= 11 is 0. The summed E-state index contributed by atoms with van der Waals surface area (Å²) in [7, 11) is 0. The number of benzene rings is 2. The van der Waals surface area contributed by atoms with Gasteiger partial charge in [0.15, 0.2) is 6.10 Å². The molecule has 26 heavy (non-hydrogen) atoms. The molecule has 136 valence electrons. The standard InChI is InChI=1S/C21H24N2O3/c1-13-6-4-9-19(14(13)2)26-15(3)20(24)22-23-21(25)18-11-10-16-7-5-8-17(16)12-18/h4,6,9-12,15H,5,7-8H2,1-3H3,(H,22,24)(H,23,25)/t15-/m1/s1. The molecule has 0 spiro atoms. The van der Waals surface area contributed by atoms with Crippen molar-refractivity contribution in [2.75, 3.05) is 0 Å². The van der Waals surface area contributed by atoms with Crippen molar-refractivity contribution >= 4 is 11.8 Å². The van der Waals surface area contributed by atoms with Gasteiger partial charge in [0.05, 0.1) is 0 Å². The smallest absolute Gasteiger partial charge is 0.279 e. The molecular weight excluding hydrogens is 328 g/mol. The normalized spacial score (nSPS) is 13.7. The maximum absolute atomic E-state index is 12.3. The Kier molecular flexibility index (Phi) is 5.26. The molecular formula is C21H24N2O3. The first kappa shape index (κ1) is 18.0. The predicted octanol–water partition coefficient (Wildman–Crippen LogP) is 3.02. The zero-order valence-corrected chi connectivity index (χ0v) is 15.4. The van der Waals surface area contributed by atoms with E-state index in [0.29, 0.717) is 11.3 Å². The molecule has 1 aliphatic rings. The van der Waals surface area contributed by atoms with Gasteiger partial charge in [0.25, 0.3) is 11.8 Å². The monoisotopic (exact) mass is 352 g/mol. The molecule has 1 atom stereocenters. The molecule has 0 aliphatic heterocycles. The van der Waals surface area contributed by atoms with E-state index in [-0.39, 0.29) is 5.91 Å². The topological polar surface area (TPSA) is 67.4 Å². The van der Waals surface area contributed by atoms with Crippen LogP contribution in [-0.2, 0) is 17.6 Å². The molecule has 5 heteroatoms. The number of fused-ring (bicyclic) bond motifs is 1. The molecule has 3 rings (SSSR count). The minimum absolute atomic E-state index is 0.327. The third-order valence-electron chi connectivity index (χ3n) is 4.89. The zero-order valence-electron chi connectivity index (χ0n) is 15.4. The minimum atomic E-state index is -0.726. The number of carbonyl (C=O) groups excluding carboxylic acids is 2. The van der Waals surface area contributed by atoms with Crippen molar-refractivity contribution in [3.8, 4) is 5.75 Å². The van der Waals surface area contributed by atoms with Crippen LogP contribution in [0.5, 0.6) is 5.75 Å². The lowest BCUT2D eigenvalue weighted by atomic mass is 10.1. The van der Waals surface area contributed by atoms with Crippen LogP contribution in [0.1, 0.15) is 46.0 Å². The van der Waals surface area contributed by atoms with Gasteiger partial charge in [-0.3, -0.25) is 20.4 Å². The lowest BCUT2D eigenvalue weighted by Crippen LogP contribution is -2.47. The molecule has 0 radical (unpaired) electrons. The summed E-state index contributed by atoms with van der Waals surface area (Å²) in [4.78, 5) is 24.5. The lowest BCUT2D eigenvalue weighted by molar-refractivity contribution is -0.128. The van der Waals surface area contributed by atoms with Crippen LogP contribution in [0.25, 0.3) is 0 Å². The van der Waals surface area contributed by atoms with E-state index in [0.717, 1.165) is 30.4 Å². The first-order chi connectivity index (χ1) is 12.5. The van der Waals surface area contributed by atoms with Crippen molar-refractivity contribution in [3.63, 3.8) is 0 Å². The van der Waals surface area contributed by atoms with E-state index in [1.165, 1.54) is 11.1 Å². The van der Waals surface area contributed by atoms with E-state index in [1.54, 1.807) is 13.0 Å². The maximum Gasteiger partial charge on any atom is 0.279 e. The van der Waals surface area contributed by atoms with Gasteiger partial charge in [0, 0.05) is 5.56 Å². The summed E-state index contributed by atoms with van der Waals surface area (Å²) in [5.74, 6) is -0.0648. The number of hydrogen-bond acceptors (Lipinski definition) is 3. The Bertz CT molecular complexity index is 845. The Hall–Kier alpha value is -2.82. The van der Waals surface area contributed by atoms with Gasteiger partial charge in [-0.25, -0.2) is 0 Å². The van der Waals surface area contributed by atoms with Gasteiger partial charge in [0.2, 0.25) is 0 Å². The maximum atomic E-state index is 12.3. The number of ether oxygens (including phenoxy) is 1. The van der Waals surface area contributed by atoms with Crippen molar-refractivity contribution in [2.45, 2.75) is 46.1 Å². The van der Waals surface area contributed by atoms with Crippen molar-refractivity contribution in [1.29, 1.82) is 0 Å². The Balaban J connectivity index is 1.56. The third kappa shape index (κ3) is 3.87. The second-order valence-electron chi connectivity index (χ2n) is 6.74. The first-order valence-corrected chi connectivity index (χ1v) is 8.90. The Morgan fingerprint density at radius 1 is 1.04 bits per heavy atom. The van der Waals surface area contributed by atoms with Gasteiger partial charge in [-0.15, -0.1) is 0 Å². The van der Waals surface area contributed by atoms with Crippen LogP contribution in [0.15, 0.2) is 36.4 Å². The molecule has 2 amide bonds. The molecule has 5 nitrogen and oxygen atoms in total. The Labute approximate surface area is 153 Å². The average molecular weight is 352 g/mol. The number of hydrazine groups is 1. The van der Waals surface area contributed by atoms with Crippen molar-refractivity contribution in [2.24, 2.45) is 0 Å². The molecule has 0 heterocycles. The average Bonchev–Trinajstić information content (AvgIpc) is 3.10. The van der Waals surface area contributed by atoms with Crippen LogP contribution in [0.4, 0.5) is 0 Å². The Morgan fingerprint density at radius 2 is 1.81 bits per heavy atom. The van der Waals surface area contributed by atoms with Crippen molar-refractivity contribution in [1.82, 2.24) is 10.9 Å². The van der Waals surface area contributed by atoms with E-state index >= 15 is 0 Å². The van der Waals surface area contributed by atoms with Crippen LogP contribution in [0.3, 0.4) is 0 Å². The van der Waals surface area contributed by atoms with Crippen molar-refractivity contribution < 1.29 is 14.3 Å². The van der Waals surface area contributed by atoms with E-state index in [4.69, 9.17) is 4.74 Å². The fourth-order valence-electron chi connectivity index (χ4n) is 3.10. The van der Waals surface area contributed by atoms with Gasteiger partial charge >= 0.3 is 0 Å². The van der Waals surface area contributed by atoms with Crippen molar-refractivity contribution in [3.05, 3.63) is 64.2 Å². The highest BCUT2D eigenvalue weighted by Gasteiger charge is 2.18. The molecule has 0 unspecified atom stereocenters. The number of carbonyl (C=O) groups is 2. The summed E-state index contributed by atoms with van der Waals surface area (Å²) in [6.45, 7) is 5.59. The highest BCUT2D eigenvalue weighted by molar-refractivity contribution is 5.96. The number of rotatable bonds is 4. The summed E-state index contributed by atoms with van der Waals surface area (Å²) in [5.41, 5.74) is 10.1. The molecule has 0 aromatic heterocycles. The van der Waals surface area contributed by atoms with Gasteiger partial charge in [-0.05, 0) is 80.5 Å². The second kappa shape index (κ2) is 7.60. The number of nitrogens with one attached hydrogen (secondary N) is 2. The van der Waals surface area contributed by atoms with Crippen LogP contribution in [0.2, 0.25) is 0 Å². The molecule has 0 saturated carbocycles. The fourth-order valence-corrected chi connectivity index (χ4v) is 3.10. The number of aryl methyl sites for hydroxylation is 3. The van der Waals surface area contributed by atoms with Crippen LogP contribution in [-0.4, -0.2) is 17.9 Å². The third-order valence-corrected chi connectivity index (χ3v) is 4.89. The van der Waals surface area contributed by atoms with Gasteiger partial charge < -0.3 is 4.74 Å². The number of hydrogen-bond donors (Lipinski definition) is 2. The molecule has 0 saturated heterocycles. The summed E-state index contributed by atoms with van der Waals surface area (Å²) in [6, 6.07) is 11.4. The summed E-state index contributed by atoms with van der Waals surface area (Å²) in [6.07, 6.45) is 2.48. The molecule has 0 bridgehead atoms. The highest BCUT2D eigenvalue weighted by atomic mass is 16.5. The predicted molar refractivity (Wildman–Crippen MR) is 100 cm³/mol. The molecule has 2 aromatic rings. The fraction of sp³-hybridized carbons (Fsp3) is 0.333. The highest BCUT2D eigenvalue weighted by Crippen LogP contribution is 2.23. The quantitative estimate of drug-likeness (QED) is 0.831. The van der Waals surface area contributed by atoms with Gasteiger partial charge in [-0.2, -0.15) is 0 Å². The number of amides is 2. The summed E-state index contributed by atoms with van der Waals surface area (Å²) < 4.78 is 5.72.